The van der Waals surface area contributed by atoms with Gasteiger partial charge in [-0.15, -0.1) is 0 Å². The number of nitrogens with one attached hydrogen (secondary N) is 2. The van der Waals surface area contributed by atoms with Crippen molar-refractivity contribution in [3.8, 4) is 0 Å². The molecule has 0 aliphatic heterocycles. The summed E-state index contributed by atoms with van der Waals surface area (Å²) in [6.45, 7) is 6.01. The van der Waals surface area contributed by atoms with Gasteiger partial charge in [0.1, 0.15) is 5.82 Å². The lowest BCUT2D eigenvalue weighted by Crippen LogP contribution is -2.20. The van der Waals surface area contributed by atoms with E-state index in [1.54, 1.807) is 19.1 Å². The fraction of sp³-hybridized carbons (Fsp3) is 0.235. The highest BCUT2D eigenvalue weighted by Crippen LogP contribution is 2.18. The Morgan fingerprint density at radius 3 is 2.29 bits per heavy atom. The Bertz CT molecular complexity index is 636. The first-order valence-electron chi connectivity index (χ1n) is 6.90. The van der Waals surface area contributed by atoms with Gasteiger partial charge in [-0.1, -0.05) is 32.0 Å². The average molecular weight is 286 g/mol. The number of hydrogen-bond acceptors (Lipinski definition) is 1. The Morgan fingerprint density at radius 1 is 1.05 bits per heavy atom. The van der Waals surface area contributed by atoms with E-state index in [4.69, 9.17) is 0 Å². The van der Waals surface area contributed by atoms with Crippen LogP contribution in [0.2, 0.25) is 0 Å². The van der Waals surface area contributed by atoms with Gasteiger partial charge in [-0.25, -0.2) is 9.18 Å². The molecule has 0 radical (unpaired) electrons. The predicted octanol–water partition coefficient (Wildman–Crippen LogP) is 4.90. The molecule has 2 aromatic carbocycles. The minimum Gasteiger partial charge on any atom is -0.308 e. The largest absolute Gasteiger partial charge is 0.323 e. The van der Waals surface area contributed by atoms with Crippen molar-refractivity contribution in [2.75, 3.05) is 10.6 Å². The lowest BCUT2D eigenvalue weighted by molar-refractivity contribution is 0.262. The summed E-state index contributed by atoms with van der Waals surface area (Å²) in [5.41, 5.74) is 2.84. The van der Waals surface area contributed by atoms with Gasteiger partial charge in [0.15, 0.2) is 0 Å². The molecule has 21 heavy (non-hydrogen) atoms. The van der Waals surface area contributed by atoms with Crippen molar-refractivity contribution in [1.29, 1.82) is 0 Å². The highest BCUT2D eigenvalue weighted by molar-refractivity contribution is 5.99. The molecule has 2 amide bonds. The molecule has 0 saturated heterocycles. The van der Waals surface area contributed by atoms with E-state index in [2.05, 4.69) is 24.5 Å². The third kappa shape index (κ3) is 4.05. The molecule has 2 aromatic rings. The second-order valence-electron chi connectivity index (χ2n) is 5.34. The monoisotopic (exact) mass is 286 g/mol. The Balaban J connectivity index is 2.01. The van der Waals surface area contributed by atoms with Crippen molar-refractivity contribution >= 4 is 17.4 Å². The number of amides is 2. The molecule has 0 spiro atoms. The number of benzene rings is 2. The molecular weight excluding hydrogens is 267 g/mol. The number of hydrogen-bond donors (Lipinski definition) is 2. The molecule has 0 bridgehead atoms. The van der Waals surface area contributed by atoms with Crippen LogP contribution in [-0.4, -0.2) is 6.03 Å². The van der Waals surface area contributed by atoms with Gasteiger partial charge in [-0.05, 0) is 48.2 Å². The van der Waals surface area contributed by atoms with Crippen LogP contribution in [0.5, 0.6) is 0 Å². The smallest absolute Gasteiger partial charge is 0.308 e. The number of anilines is 2. The quantitative estimate of drug-likeness (QED) is 0.827. The Morgan fingerprint density at radius 2 is 1.71 bits per heavy atom. The summed E-state index contributed by atoms with van der Waals surface area (Å²) in [5, 5.41) is 5.18. The van der Waals surface area contributed by atoms with Gasteiger partial charge in [0.2, 0.25) is 0 Å². The predicted molar refractivity (Wildman–Crippen MR) is 84.3 cm³/mol. The summed E-state index contributed by atoms with van der Waals surface area (Å²) < 4.78 is 13.6. The second kappa shape index (κ2) is 6.39. The number of urea groups is 1. The Hall–Kier alpha value is -2.36. The van der Waals surface area contributed by atoms with Crippen LogP contribution in [0.4, 0.5) is 20.6 Å². The molecule has 0 aliphatic rings. The summed E-state index contributed by atoms with van der Waals surface area (Å²) in [6, 6.07) is 11.8. The van der Waals surface area contributed by atoms with E-state index in [1.165, 1.54) is 11.6 Å². The minimum atomic E-state index is -0.463. The third-order valence-corrected chi connectivity index (χ3v) is 3.21. The van der Waals surface area contributed by atoms with Crippen LogP contribution in [0.1, 0.15) is 30.9 Å². The van der Waals surface area contributed by atoms with Crippen LogP contribution >= 0.6 is 0 Å². The topological polar surface area (TPSA) is 41.1 Å². The van der Waals surface area contributed by atoms with Crippen molar-refractivity contribution in [2.45, 2.75) is 26.7 Å². The van der Waals surface area contributed by atoms with E-state index in [0.717, 1.165) is 5.56 Å². The molecular formula is C17H19FN2O. The summed E-state index contributed by atoms with van der Waals surface area (Å²) in [4.78, 5) is 11.8. The highest BCUT2D eigenvalue weighted by Gasteiger charge is 2.07. The van der Waals surface area contributed by atoms with E-state index in [1.807, 2.05) is 24.3 Å². The van der Waals surface area contributed by atoms with Crippen LogP contribution in [0, 0.1) is 12.7 Å². The van der Waals surface area contributed by atoms with Crippen molar-refractivity contribution < 1.29 is 9.18 Å². The van der Waals surface area contributed by atoms with Gasteiger partial charge in [-0.2, -0.15) is 0 Å². The van der Waals surface area contributed by atoms with Crippen LogP contribution < -0.4 is 10.6 Å². The number of halogens is 1. The van der Waals surface area contributed by atoms with Crippen molar-refractivity contribution in [3.63, 3.8) is 0 Å². The number of carbonyl (C=O) groups is 1. The van der Waals surface area contributed by atoms with Crippen molar-refractivity contribution in [3.05, 3.63) is 59.4 Å². The molecule has 0 aliphatic carbocycles. The van der Waals surface area contributed by atoms with Gasteiger partial charge < -0.3 is 10.6 Å². The minimum absolute atomic E-state index is 0.164. The molecule has 2 N–H and O–H groups in total. The first-order chi connectivity index (χ1) is 9.95. The molecule has 3 nitrogen and oxygen atoms in total. The summed E-state index contributed by atoms with van der Waals surface area (Å²) >= 11 is 0. The van der Waals surface area contributed by atoms with E-state index < -0.39 is 11.8 Å². The first-order valence-corrected chi connectivity index (χ1v) is 6.90. The maximum Gasteiger partial charge on any atom is 0.323 e. The fourth-order valence-corrected chi connectivity index (χ4v) is 1.96. The van der Waals surface area contributed by atoms with E-state index >= 15 is 0 Å². The molecule has 4 heteroatoms. The first kappa shape index (κ1) is 15.0. The van der Waals surface area contributed by atoms with Crippen LogP contribution in [0.15, 0.2) is 42.5 Å². The lowest BCUT2D eigenvalue weighted by Gasteiger charge is -2.10. The summed E-state index contributed by atoms with van der Waals surface area (Å²) in [5.74, 6) is -0.00478. The molecule has 0 aromatic heterocycles. The lowest BCUT2D eigenvalue weighted by atomic mass is 10.0. The van der Waals surface area contributed by atoms with Crippen LogP contribution in [0.25, 0.3) is 0 Å². The van der Waals surface area contributed by atoms with Crippen molar-refractivity contribution in [2.24, 2.45) is 0 Å². The standard InChI is InChI=1S/C17H19FN2O/c1-11(2)13-5-7-14(8-6-13)19-17(21)20-16-9-4-12(3)10-15(16)18/h4-11H,1-3H3,(H2,19,20,21). The summed E-state index contributed by atoms with van der Waals surface area (Å²) in [7, 11) is 0. The van der Waals surface area contributed by atoms with Crippen molar-refractivity contribution in [1.82, 2.24) is 0 Å². The van der Waals surface area contributed by atoms with Gasteiger partial charge in [0.25, 0.3) is 0 Å². The molecule has 0 saturated carbocycles. The van der Waals surface area contributed by atoms with Gasteiger partial charge >= 0.3 is 6.03 Å². The fourth-order valence-electron chi connectivity index (χ4n) is 1.96. The number of rotatable bonds is 3. The van der Waals surface area contributed by atoms with Crippen LogP contribution in [0.3, 0.4) is 0 Å². The van der Waals surface area contributed by atoms with Gasteiger partial charge in [-0.3, -0.25) is 0 Å². The maximum atomic E-state index is 13.6. The normalized spacial score (nSPS) is 10.5. The van der Waals surface area contributed by atoms with E-state index in [-0.39, 0.29) is 5.69 Å². The van der Waals surface area contributed by atoms with Crippen LogP contribution in [-0.2, 0) is 0 Å². The summed E-state index contributed by atoms with van der Waals surface area (Å²) in [6.07, 6.45) is 0. The molecule has 2 rings (SSSR count). The SMILES string of the molecule is Cc1ccc(NC(=O)Nc2ccc(C(C)C)cc2)c(F)c1. The maximum absolute atomic E-state index is 13.6. The average Bonchev–Trinajstić information content (AvgIpc) is 2.42. The molecule has 0 atom stereocenters. The van der Waals surface area contributed by atoms with E-state index in [0.29, 0.717) is 11.6 Å². The molecule has 0 unspecified atom stereocenters. The zero-order valence-corrected chi connectivity index (χ0v) is 12.4. The number of aryl methyl sites for hydroxylation is 1. The van der Waals surface area contributed by atoms with Gasteiger partial charge in [0.05, 0.1) is 5.69 Å². The zero-order valence-electron chi connectivity index (χ0n) is 12.4. The molecule has 0 fully saturated rings. The van der Waals surface area contributed by atoms with Gasteiger partial charge in [0, 0.05) is 5.69 Å². The Kier molecular flexibility index (Phi) is 4.58. The third-order valence-electron chi connectivity index (χ3n) is 3.21. The number of carbonyl (C=O) groups excluding carboxylic acids is 1. The second-order valence-corrected chi connectivity index (χ2v) is 5.34. The molecule has 0 heterocycles. The Labute approximate surface area is 124 Å². The zero-order chi connectivity index (χ0) is 15.4. The van der Waals surface area contributed by atoms with E-state index in [9.17, 15) is 9.18 Å². The molecule has 110 valence electrons. The highest BCUT2D eigenvalue weighted by atomic mass is 19.1.